The molecule has 1 N–H and O–H groups in total. The molecule has 2 fully saturated rings. The van der Waals surface area contributed by atoms with Gasteiger partial charge in [0.25, 0.3) is 0 Å². The summed E-state index contributed by atoms with van der Waals surface area (Å²) >= 11 is 0. The van der Waals surface area contributed by atoms with Crippen LogP contribution in [0, 0.1) is 0 Å². The van der Waals surface area contributed by atoms with Gasteiger partial charge in [0.2, 0.25) is 0 Å². The molecule has 2 atom stereocenters. The number of likely N-dealkylation sites (tertiary alicyclic amines) is 1. The van der Waals surface area contributed by atoms with Crippen LogP contribution in [0.5, 0.6) is 0 Å². The van der Waals surface area contributed by atoms with E-state index in [1.54, 1.807) is 0 Å². The van der Waals surface area contributed by atoms with Gasteiger partial charge in [0.15, 0.2) is 0 Å². The average Bonchev–Trinajstić information content (AvgIpc) is 3.13. The number of aromatic nitrogens is 2. The number of hydrogen-bond acceptors (Lipinski definition) is 3. The smallest absolute Gasteiger partial charge is 0.114 e. The molecule has 2 aromatic rings. The molecule has 1 saturated carbocycles. The summed E-state index contributed by atoms with van der Waals surface area (Å²) in [6.45, 7) is 2.19. The monoisotopic (exact) mass is 342 g/mol. The topological polar surface area (TPSA) is 33.1 Å². The molecule has 1 saturated heterocycles. The third-order valence-corrected chi connectivity index (χ3v) is 5.82. The molecule has 1 aromatic heterocycles. The number of alkyl halides is 1. The number of nitrogens with one attached hydrogen (secondary N) is 1. The molecule has 2 heterocycles. The van der Waals surface area contributed by atoms with Gasteiger partial charge in [-0.2, -0.15) is 5.10 Å². The van der Waals surface area contributed by atoms with Crippen LogP contribution in [0.3, 0.4) is 0 Å². The minimum Gasteiger partial charge on any atom is -0.312 e. The van der Waals surface area contributed by atoms with Gasteiger partial charge in [-0.05, 0) is 36.8 Å². The van der Waals surface area contributed by atoms with Crippen LogP contribution in [0.25, 0.3) is 0 Å². The number of nitrogens with zero attached hydrogens (tertiary/aromatic N) is 3. The normalized spacial score (nSPS) is 29.7. The Hall–Kier alpha value is -1.72. The SMILES string of the molecule is Cn1nccc1CN1C[C@@H](F)C[C@H]1CNC1CC(c2ccccc2)C1. The fraction of sp³-hybridized carbons (Fsp3) is 0.550. The third kappa shape index (κ3) is 3.77. The van der Waals surface area contributed by atoms with Crippen molar-refractivity contribution in [3.63, 3.8) is 0 Å². The third-order valence-electron chi connectivity index (χ3n) is 5.82. The second kappa shape index (κ2) is 7.26. The van der Waals surface area contributed by atoms with Crippen LogP contribution < -0.4 is 5.32 Å². The number of benzene rings is 1. The number of hydrogen-bond donors (Lipinski definition) is 1. The summed E-state index contributed by atoms with van der Waals surface area (Å²) in [5.74, 6) is 0.682. The van der Waals surface area contributed by atoms with Crippen molar-refractivity contribution >= 4 is 0 Å². The Morgan fingerprint density at radius 3 is 2.68 bits per heavy atom. The predicted molar refractivity (Wildman–Crippen MR) is 97.1 cm³/mol. The summed E-state index contributed by atoms with van der Waals surface area (Å²) in [6.07, 6.45) is 4.12. The number of aryl methyl sites for hydroxylation is 1. The first-order valence-corrected chi connectivity index (χ1v) is 9.32. The summed E-state index contributed by atoms with van der Waals surface area (Å²) < 4.78 is 15.8. The molecule has 0 spiro atoms. The second-order valence-corrected chi connectivity index (χ2v) is 7.55. The number of halogens is 1. The minimum absolute atomic E-state index is 0.278. The molecule has 134 valence electrons. The van der Waals surface area contributed by atoms with E-state index in [1.165, 1.54) is 18.4 Å². The minimum atomic E-state index is -0.710. The molecule has 0 radical (unpaired) electrons. The van der Waals surface area contributed by atoms with Gasteiger partial charge < -0.3 is 5.32 Å². The second-order valence-electron chi connectivity index (χ2n) is 7.55. The van der Waals surface area contributed by atoms with Gasteiger partial charge in [0.1, 0.15) is 6.17 Å². The molecule has 0 amide bonds. The van der Waals surface area contributed by atoms with Crippen molar-refractivity contribution < 1.29 is 4.39 Å². The van der Waals surface area contributed by atoms with E-state index in [-0.39, 0.29) is 6.04 Å². The predicted octanol–water partition coefficient (Wildman–Crippen LogP) is 2.87. The van der Waals surface area contributed by atoms with Crippen LogP contribution >= 0.6 is 0 Å². The van der Waals surface area contributed by atoms with Crippen molar-refractivity contribution in [1.29, 1.82) is 0 Å². The summed E-state index contributed by atoms with van der Waals surface area (Å²) in [6, 6.07) is 13.6. The molecule has 4 nitrogen and oxygen atoms in total. The zero-order valence-corrected chi connectivity index (χ0v) is 14.8. The first-order valence-electron chi connectivity index (χ1n) is 9.32. The van der Waals surface area contributed by atoms with E-state index in [9.17, 15) is 4.39 Å². The van der Waals surface area contributed by atoms with Crippen molar-refractivity contribution in [1.82, 2.24) is 20.0 Å². The molecule has 0 unspecified atom stereocenters. The molecule has 1 aliphatic carbocycles. The average molecular weight is 342 g/mol. The lowest BCUT2D eigenvalue weighted by molar-refractivity contribution is 0.205. The van der Waals surface area contributed by atoms with Crippen LogP contribution in [0.15, 0.2) is 42.6 Å². The molecule has 1 aliphatic heterocycles. The lowest BCUT2D eigenvalue weighted by Crippen LogP contribution is -2.46. The maximum Gasteiger partial charge on any atom is 0.114 e. The highest BCUT2D eigenvalue weighted by molar-refractivity contribution is 5.22. The maximum atomic E-state index is 14.0. The Bertz CT molecular complexity index is 680. The Morgan fingerprint density at radius 2 is 1.96 bits per heavy atom. The highest BCUT2D eigenvalue weighted by Crippen LogP contribution is 2.36. The van der Waals surface area contributed by atoms with Crippen molar-refractivity contribution in [2.24, 2.45) is 7.05 Å². The molecule has 4 rings (SSSR count). The Balaban J connectivity index is 1.26. The van der Waals surface area contributed by atoms with Crippen LogP contribution in [-0.2, 0) is 13.6 Å². The van der Waals surface area contributed by atoms with Crippen molar-refractivity contribution in [2.75, 3.05) is 13.1 Å². The van der Waals surface area contributed by atoms with Crippen LogP contribution in [0.4, 0.5) is 4.39 Å². The van der Waals surface area contributed by atoms with Crippen LogP contribution in [0.2, 0.25) is 0 Å². The zero-order chi connectivity index (χ0) is 17.2. The molecule has 0 bridgehead atoms. The summed E-state index contributed by atoms with van der Waals surface area (Å²) in [7, 11) is 1.95. The maximum absolute atomic E-state index is 14.0. The van der Waals surface area contributed by atoms with Gasteiger partial charge in [0, 0.05) is 45.0 Å². The summed E-state index contributed by atoms with van der Waals surface area (Å²) in [5.41, 5.74) is 2.59. The van der Waals surface area contributed by atoms with E-state index in [1.807, 2.05) is 24.0 Å². The van der Waals surface area contributed by atoms with E-state index >= 15 is 0 Å². The lowest BCUT2D eigenvalue weighted by atomic mass is 9.76. The zero-order valence-electron chi connectivity index (χ0n) is 14.8. The highest BCUT2D eigenvalue weighted by atomic mass is 19.1. The quantitative estimate of drug-likeness (QED) is 0.876. The van der Waals surface area contributed by atoms with Crippen LogP contribution in [0.1, 0.15) is 36.4 Å². The van der Waals surface area contributed by atoms with Crippen molar-refractivity contribution in [2.45, 2.75) is 50.0 Å². The van der Waals surface area contributed by atoms with Gasteiger partial charge in [-0.3, -0.25) is 9.58 Å². The molecule has 25 heavy (non-hydrogen) atoms. The first-order chi connectivity index (χ1) is 12.2. The largest absolute Gasteiger partial charge is 0.312 e. The molecular formula is C20H27FN4. The standard InChI is InChI=1S/C20H27FN4/c1-24-19(7-8-23-24)14-25-13-17(21)11-20(25)12-22-18-9-16(10-18)15-5-3-2-4-6-15/h2-8,16-18,20,22H,9-14H2,1H3/t16?,17-,18?,20-/m0/s1. The van der Waals surface area contributed by atoms with E-state index in [4.69, 9.17) is 0 Å². The van der Waals surface area contributed by atoms with Crippen LogP contribution in [-0.4, -0.2) is 46.0 Å². The fourth-order valence-corrected chi connectivity index (χ4v) is 4.18. The summed E-state index contributed by atoms with van der Waals surface area (Å²) in [5, 5.41) is 7.89. The van der Waals surface area contributed by atoms with Gasteiger partial charge >= 0.3 is 0 Å². The first kappa shape index (κ1) is 16.7. The Kier molecular flexibility index (Phi) is 4.86. The molecule has 2 aliphatic rings. The molecule has 1 aromatic carbocycles. The number of rotatable bonds is 6. The highest BCUT2D eigenvalue weighted by Gasteiger charge is 2.35. The Morgan fingerprint density at radius 1 is 1.16 bits per heavy atom. The lowest BCUT2D eigenvalue weighted by Gasteiger charge is -2.37. The fourth-order valence-electron chi connectivity index (χ4n) is 4.18. The van der Waals surface area contributed by atoms with Crippen molar-refractivity contribution in [3.8, 4) is 0 Å². The van der Waals surface area contributed by atoms with Gasteiger partial charge in [-0.15, -0.1) is 0 Å². The summed E-state index contributed by atoms with van der Waals surface area (Å²) in [4.78, 5) is 2.27. The van der Waals surface area contributed by atoms with Gasteiger partial charge in [-0.25, -0.2) is 4.39 Å². The molecule has 5 heteroatoms. The van der Waals surface area contributed by atoms with Crippen molar-refractivity contribution in [3.05, 3.63) is 53.9 Å². The van der Waals surface area contributed by atoms with E-state index in [2.05, 4.69) is 45.6 Å². The van der Waals surface area contributed by atoms with Gasteiger partial charge in [-0.1, -0.05) is 30.3 Å². The van der Waals surface area contributed by atoms with E-state index < -0.39 is 6.17 Å². The molecular weight excluding hydrogens is 315 g/mol. The van der Waals surface area contributed by atoms with E-state index in [0.717, 1.165) is 18.8 Å². The van der Waals surface area contributed by atoms with Gasteiger partial charge in [0.05, 0.1) is 5.69 Å². The van der Waals surface area contributed by atoms with E-state index in [0.29, 0.717) is 24.9 Å². The Labute approximate surface area is 149 Å².